The van der Waals surface area contributed by atoms with Crippen LogP contribution in [0.1, 0.15) is 18.9 Å². The van der Waals surface area contributed by atoms with Gasteiger partial charge >= 0.3 is 5.97 Å². The zero-order valence-electron chi connectivity index (χ0n) is 10.4. The van der Waals surface area contributed by atoms with Gasteiger partial charge in [0, 0.05) is 18.1 Å². The molecule has 0 aliphatic carbocycles. The minimum absolute atomic E-state index is 0.0165. The average molecular weight is 259 g/mol. The van der Waals surface area contributed by atoms with Gasteiger partial charge in [-0.25, -0.2) is 4.90 Å². The first-order valence-corrected chi connectivity index (χ1v) is 5.86. The first kappa shape index (κ1) is 13.0. The topological polar surface area (TPSA) is 74.7 Å². The molecule has 1 heterocycles. The molecule has 0 radical (unpaired) electrons. The Morgan fingerprint density at radius 2 is 2.05 bits per heavy atom. The zero-order chi connectivity index (χ0) is 14.0. The van der Waals surface area contributed by atoms with E-state index < -0.39 is 5.97 Å². The van der Waals surface area contributed by atoms with Crippen LogP contribution in [0.4, 0.5) is 5.69 Å². The number of aliphatic carboxylic acids is 1. The standard InChI is InChI=1S/C14H13NO4/c1-9-7-12(16)15(14(9)19)11-4-2-3-10(8-11)5-6-13(17)18/h2-4,7-8H,5-6H2,1H3,(H,17,18). The Morgan fingerprint density at radius 1 is 1.32 bits per heavy atom. The van der Waals surface area contributed by atoms with Gasteiger partial charge in [0.05, 0.1) is 5.69 Å². The van der Waals surface area contributed by atoms with Crippen molar-refractivity contribution in [2.45, 2.75) is 19.8 Å². The number of carboxylic acid groups (broad SMARTS) is 1. The summed E-state index contributed by atoms with van der Waals surface area (Å²) >= 11 is 0. The second-order valence-electron chi connectivity index (χ2n) is 4.37. The molecule has 2 amide bonds. The van der Waals surface area contributed by atoms with Crippen molar-refractivity contribution in [1.29, 1.82) is 0 Å². The Bertz CT molecular complexity index is 589. The van der Waals surface area contributed by atoms with Crippen molar-refractivity contribution in [2.75, 3.05) is 4.90 Å². The van der Waals surface area contributed by atoms with Crippen molar-refractivity contribution in [1.82, 2.24) is 0 Å². The lowest BCUT2D eigenvalue weighted by Crippen LogP contribution is -2.30. The maximum Gasteiger partial charge on any atom is 0.303 e. The molecular weight excluding hydrogens is 246 g/mol. The van der Waals surface area contributed by atoms with Crippen LogP contribution in [0.3, 0.4) is 0 Å². The van der Waals surface area contributed by atoms with Gasteiger partial charge in [-0.1, -0.05) is 12.1 Å². The van der Waals surface area contributed by atoms with Crippen LogP contribution >= 0.6 is 0 Å². The van der Waals surface area contributed by atoms with E-state index >= 15 is 0 Å². The predicted octanol–water partition coefficient (Wildman–Crippen LogP) is 1.52. The summed E-state index contributed by atoms with van der Waals surface area (Å²) < 4.78 is 0. The second-order valence-corrected chi connectivity index (χ2v) is 4.37. The van der Waals surface area contributed by atoms with Gasteiger partial charge in [-0.3, -0.25) is 14.4 Å². The van der Waals surface area contributed by atoms with E-state index in [1.165, 1.54) is 6.08 Å². The minimum atomic E-state index is -0.878. The highest BCUT2D eigenvalue weighted by Crippen LogP contribution is 2.23. The number of imide groups is 1. The van der Waals surface area contributed by atoms with Gasteiger partial charge in [-0.05, 0) is 31.0 Å². The molecule has 1 aliphatic rings. The molecule has 0 fully saturated rings. The second kappa shape index (κ2) is 5.06. The molecule has 5 heteroatoms. The summed E-state index contributed by atoms with van der Waals surface area (Å²) in [5, 5.41) is 8.65. The van der Waals surface area contributed by atoms with Gasteiger partial charge in [0.15, 0.2) is 0 Å². The van der Waals surface area contributed by atoms with E-state index in [1.807, 2.05) is 0 Å². The van der Waals surface area contributed by atoms with E-state index in [9.17, 15) is 14.4 Å². The molecule has 2 rings (SSSR count). The van der Waals surface area contributed by atoms with Crippen molar-refractivity contribution < 1.29 is 19.5 Å². The fourth-order valence-electron chi connectivity index (χ4n) is 1.93. The van der Waals surface area contributed by atoms with Crippen molar-refractivity contribution in [3.8, 4) is 0 Å². The molecule has 0 unspecified atom stereocenters. The SMILES string of the molecule is CC1=CC(=O)N(c2cccc(CCC(=O)O)c2)C1=O. The fourth-order valence-corrected chi connectivity index (χ4v) is 1.93. The van der Waals surface area contributed by atoms with Gasteiger partial charge in [0.2, 0.25) is 0 Å². The van der Waals surface area contributed by atoms with Crippen molar-refractivity contribution in [3.63, 3.8) is 0 Å². The zero-order valence-corrected chi connectivity index (χ0v) is 10.4. The molecule has 0 spiro atoms. The van der Waals surface area contributed by atoms with Crippen LogP contribution in [-0.2, 0) is 20.8 Å². The number of rotatable bonds is 4. The predicted molar refractivity (Wildman–Crippen MR) is 68.6 cm³/mol. The maximum atomic E-state index is 11.8. The third kappa shape index (κ3) is 2.70. The Balaban J connectivity index is 2.22. The van der Waals surface area contributed by atoms with E-state index in [0.717, 1.165) is 10.5 Å². The number of hydrogen-bond donors (Lipinski definition) is 1. The van der Waals surface area contributed by atoms with Crippen LogP contribution in [0.5, 0.6) is 0 Å². The lowest BCUT2D eigenvalue weighted by molar-refractivity contribution is -0.137. The monoisotopic (exact) mass is 259 g/mol. The number of nitrogens with zero attached hydrogens (tertiary/aromatic N) is 1. The number of benzene rings is 1. The number of carbonyl (C=O) groups is 3. The van der Waals surface area contributed by atoms with Crippen LogP contribution in [-0.4, -0.2) is 22.9 Å². The lowest BCUT2D eigenvalue weighted by atomic mass is 10.1. The number of carbonyl (C=O) groups excluding carboxylic acids is 2. The molecule has 1 aromatic carbocycles. The molecule has 0 bridgehead atoms. The smallest absolute Gasteiger partial charge is 0.303 e. The van der Waals surface area contributed by atoms with E-state index in [-0.39, 0.29) is 18.2 Å². The normalized spacial score (nSPS) is 14.8. The molecule has 0 aromatic heterocycles. The lowest BCUT2D eigenvalue weighted by Gasteiger charge is -2.15. The van der Waals surface area contributed by atoms with Gasteiger partial charge in [-0.2, -0.15) is 0 Å². The summed E-state index contributed by atoms with van der Waals surface area (Å²) in [7, 11) is 0. The van der Waals surface area contributed by atoms with Gasteiger partial charge in [-0.15, -0.1) is 0 Å². The molecule has 5 nitrogen and oxygen atoms in total. The van der Waals surface area contributed by atoms with Crippen LogP contribution in [0.25, 0.3) is 0 Å². The highest BCUT2D eigenvalue weighted by atomic mass is 16.4. The van der Waals surface area contributed by atoms with Gasteiger partial charge in [0.25, 0.3) is 11.8 Å². The molecule has 98 valence electrons. The number of aryl methyl sites for hydroxylation is 1. The molecule has 1 aromatic rings. The van der Waals surface area contributed by atoms with E-state index in [0.29, 0.717) is 17.7 Å². The first-order chi connectivity index (χ1) is 8.99. The molecule has 0 saturated carbocycles. The maximum absolute atomic E-state index is 11.8. The number of amides is 2. The Morgan fingerprint density at radius 3 is 2.63 bits per heavy atom. The molecular formula is C14H13NO4. The fraction of sp³-hybridized carbons (Fsp3) is 0.214. The average Bonchev–Trinajstić information content (AvgIpc) is 2.61. The summed E-state index contributed by atoms with van der Waals surface area (Å²) in [5.74, 6) is -1.57. The summed E-state index contributed by atoms with van der Waals surface area (Å²) in [6, 6.07) is 6.82. The first-order valence-electron chi connectivity index (χ1n) is 5.86. The number of anilines is 1. The Hall–Kier alpha value is -2.43. The Labute approximate surface area is 110 Å². The molecule has 0 atom stereocenters. The van der Waals surface area contributed by atoms with Crippen molar-refractivity contribution >= 4 is 23.5 Å². The van der Waals surface area contributed by atoms with Crippen LogP contribution < -0.4 is 4.90 Å². The largest absolute Gasteiger partial charge is 0.481 e. The third-order valence-corrected chi connectivity index (χ3v) is 2.90. The molecule has 1 N–H and O–H groups in total. The van der Waals surface area contributed by atoms with Crippen LogP contribution in [0.2, 0.25) is 0 Å². The van der Waals surface area contributed by atoms with Gasteiger partial charge in [0.1, 0.15) is 0 Å². The third-order valence-electron chi connectivity index (χ3n) is 2.90. The summed E-state index contributed by atoms with van der Waals surface area (Å²) in [6.07, 6.45) is 1.68. The van der Waals surface area contributed by atoms with Gasteiger partial charge < -0.3 is 5.11 Å². The molecule has 0 saturated heterocycles. The number of hydrogen-bond acceptors (Lipinski definition) is 3. The van der Waals surface area contributed by atoms with Crippen molar-refractivity contribution in [3.05, 3.63) is 41.5 Å². The minimum Gasteiger partial charge on any atom is -0.481 e. The van der Waals surface area contributed by atoms with Crippen LogP contribution in [0.15, 0.2) is 35.9 Å². The highest BCUT2D eigenvalue weighted by Gasteiger charge is 2.29. The quantitative estimate of drug-likeness (QED) is 0.832. The highest BCUT2D eigenvalue weighted by molar-refractivity contribution is 6.30. The summed E-state index contributed by atoms with van der Waals surface area (Å²) in [4.78, 5) is 35.2. The summed E-state index contributed by atoms with van der Waals surface area (Å²) in [5.41, 5.74) is 1.66. The number of carboxylic acids is 1. The molecule has 19 heavy (non-hydrogen) atoms. The van der Waals surface area contributed by atoms with Crippen molar-refractivity contribution in [2.24, 2.45) is 0 Å². The van der Waals surface area contributed by atoms with E-state index in [2.05, 4.69) is 0 Å². The molecule has 1 aliphatic heterocycles. The van der Waals surface area contributed by atoms with Crippen LogP contribution in [0, 0.1) is 0 Å². The summed E-state index contributed by atoms with van der Waals surface area (Å²) in [6.45, 7) is 1.59. The van der Waals surface area contributed by atoms with E-state index in [1.54, 1.807) is 31.2 Å². The Kier molecular flexibility index (Phi) is 3.46. The van der Waals surface area contributed by atoms with E-state index in [4.69, 9.17) is 5.11 Å².